The molecule has 2 heterocycles. The van der Waals surface area contributed by atoms with Crippen LogP contribution in [0.2, 0.25) is 0 Å². The van der Waals surface area contributed by atoms with E-state index in [1.807, 2.05) is 20.8 Å². The summed E-state index contributed by atoms with van der Waals surface area (Å²) < 4.78 is 5.29. The average molecular weight is 310 g/mol. The topological polar surface area (TPSA) is 67.3 Å². The number of rotatable bonds is 3. The summed E-state index contributed by atoms with van der Waals surface area (Å²) in [6, 6.07) is 0.119. The number of carbonyl (C=O) groups excluding carboxylic acids is 1. The molecule has 1 aromatic heterocycles. The van der Waals surface area contributed by atoms with Gasteiger partial charge in [-0.3, -0.25) is 0 Å². The molecule has 3 rings (SSSR count). The highest BCUT2D eigenvalue weighted by molar-refractivity contribution is 7.15. The molecule has 0 spiro atoms. The Bertz CT molecular complexity index is 521. The molecule has 6 nitrogen and oxygen atoms in total. The first kappa shape index (κ1) is 14.6. The first-order chi connectivity index (χ1) is 9.90. The van der Waals surface area contributed by atoms with Crippen LogP contribution in [0.1, 0.15) is 51.0 Å². The zero-order valence-corrected chi connectivity index (χ0v) is 13.6. The molecule has 0 radical (unpaired) electrons. The molecule has 21 heavy (non-hydrogen) atoms. The molecule has 2 aliphatic rings. The molecule has 7 heteroatoms. The molecule has 1 aromatic rings. The summed E-state index contributed by atoms with van der Waals surface area (Å²) >= 11 is 1.69. The van der Waals surface area contributed by atoms with Crippen molar-refractivity contribution >= 4 is 22.6 Å². The standard InChI is InChI=1S/C14H22N4O2S/c1-14(2,3)20-13(19)15-10-6-7-18(8-10)12-17-16-11(21-12)9-4-5-9/h9-10H,4-8H2,1-3H3,(H,15,19)/t10-/m0/s1. The summed E-state index contributed by atoms with van der Waals surface area (Å²) in [5.74, 6) is 0.648. The zero-order valence-electron chi connectivity index (χ0n) is 12.8. The van der Waals surface area contributed by atoms with E-state index in [0.717, 1.165) is 29.6 Å². The molecule has 0 aromatic carbocycles. The number of anilines is 1. The Balaban J connectivity index is 1.51. The smallest absolute Gasteiger partial charge is 0.407 e. The molecule has 1 N–H and O–H groups in total. The molecule has 0 unspecified atom stereocenters. The maximum absolute atomic E-state index is 11.8. The van der Waals surface area contributed by atoms with E-state index in [9.17, 15) is 4.79 Å². The first-order valence-electron chi connectivity index (χ1n) is 7.48. The summed E-state index contributed by atoms with van der Waals surface area (Å²) in [4.78, 5) is 14.0. The highest BCUT2D eigenvalue weighted by Crippen LogP contribution is 2.42. The predicted molar refractivity (Wildman–Crippen MR) is 81.9 cm³/mol. The Morgan fingerprint density at radius 3 is 2.76 bits per heavy atom. The minimum absolute atomic E-state index is 0.119. The number of ether oxygens (including phenoxy) is 1. The third-order valence-electron chi connectivity index (χ3n) is 3.54. The number of carbonyl (C=O) groups is 1. The van der Waals surface area contributed by atoms with Gasteiger partial charge in [0.05, 0.1) is 6.04 Å². The van der Waals surface area contributed by atoms with Gasteiger partial charge >= 0.3 is 6.09 Å². The molecule has 1 aliphatic heterocycles. The summed E-state index contributed by atoms with van der Waals surface area (Å²) in [6.07, 6.45) is 3.07. The highest BCUT2D eigenvalue weighted by atomic mass is 32.1. The zero-order chi connectivity index (χ0) is 15.0. The van der Waals surface area contributed by atoms with Crippen molar-refractivity contribution in [3.05, 3.63) is 5.01 Å². The van der Waals surface area contributed by atoms with Gasteiger partial charge in [0.1, 0.15) is 10.6 Å². The van der Waals surface area contributed by atoms with E-state index < -0.39 is 5.60 Å². The van der Waals surface area contributed by atoms with Crippen LogP contribution < -0.4 is 10.2 Å². The second kappa shape index (κ2) is 5.44. The molecule has 1 aliphatic carbocycles. The number of amides is 1. The largest absolute Gasteiger partial charge is 0.444 e. The highest BCUT2D eigenvalue weighted by Gasteiger charge is 2.31. The Morgan fingerprint density at radius 1 is 1.33 bits per heavy atom. The van der Waals surface area contributed by atoms with Gasteiger partial charge in [0.15, 0.2) is 0 Å². The lowest BCUT2D eigenvalue weighted by molar-refractivity contribution is 0.0509. The summed E-state index contributed by atoms with van der Waals surface area (Å²) in [6.45, 7) is 7.29. The van der Waals surface area contributed by atoms with Crippen molar-refractivity contribution in [1.29, 1.82) is 0 Å². The second-order valence-corrected chi connectivity index (χ2v) is 7.76. The van der Waals surface area contributed by atoms with Crippen molar-refractivity contribution in [2.75, 3.05) is 18.0 Å². The Labute approximate surface area is 128 Å². The minimum Gasteiger partial charge on any atom is -0.444 e. The molecule has 2 fully saturated rings. The maximum Gasteiger partial charge on any atom is 0.407 e. The number of alkyl carbamates (subject to hydrolysis) is 1. The Morgan fingerprint density at radius 2 is 2.10 bits per heavy atom. The second-order valence-electron chi connectivity index (χ2n) is 6.77. The molecular weight excluding hydrogens is 288 g/mol. The fraction of sp³-hybridized carbons (Fsp3) is 0.786. The van der Waals surface area contributed by atoms with E-state index in [4.69, 9.17) is 4.74 Å². The van der Waals surface area contributed by atoms with E-state index in [0.29, 0.717) is 5.92 Å². The average Bonchev–Trinajstić information content (AvgIpc) is 2.92. The predicted octanol–water partition coefficient (Wildman–Crippen LogP) is 2.52. The first-order valence-corrected chi connectivity index (χ1v) is 8.30. The molecular formula is C14H22N4O2S. The molecule has 1 atom stereocenters. The quantitative estimate of drug-likeness (QED) is 0.929. The van der Waals surface area contributed by atoms with Gasteiger partial charge in [-0.25, -0.2) is 4.79 Å². The van der Waals surface area contributed by atoms with E-state index in [1.165, 1.54) is 12.8 Å². The van der Waals surface area contributed by atoms with Crippen molar-refractivity contribution in [2.45, 2.75) is 57.6 Å². The van der Waals surface area contributed by atoms with E-state index >= 15 is 0 Å². The van der Waals surface area contributed by atoms with Crippen LogP contribution >= 0.6 is 11.3 Å². The van der Waals surface area contributed by atoms with Gasteiger partial charge in [-0.15, -0.1) is 10.2 Å². The lowest BCUT2D eigenvalue weighted by Gasteiger charge is -2.21. The van der Waals surface area contributed by atoms with Crippen molar-refractivity contribution in [2.24, 2.45) is 0 Å². The lowest BCUT2D eigenvalue weighted by atomic mass is 10.2. The van der Waals surface area contributed by atoms with Crippen molar-refractivity contribution in [3.8, 4) is 0 Å². The Hall–Kier alpha value is -1.37. The van der Waals surface area contributed by atoms with Crippen LogP contribution in [0.5, 0.6) is 0 Å². The maximum atomic E-state index is 11.8. The van der Waals surface area contributed by atoms with Gasteiger partial charge in [-0.1, -0.05) is 11.3 Å². The number of hydrogen-bond donors (Lipinski definition) is 1. The van der Waals surface area contributed by atoms with Gasteiger partial charge < -0.3 is 15.0 Å². The third kappa shape index (κ3) is 3.84. The van der Waals surface area contributed by atoms with E-state index in [1.54, 1.807) is 11.3 Å². The third-order valence-corrected chi connectivity index (χ3v) is 4.68. The molecule has 116 valence electrons. The van der Waals surface area contributed by atoms with E-state index in [-0.39, 0.29) is 12.1 Å². The lowest BCUT2D eigenvalue weighted by Crippen LogP contribution is -2.40. The molecule has 1 amide bonds. The Kier molecular flexibility index (Phi) is 3.77. The molecule has 0 bridgehead atoms. The number of hydrogen-bond acceptors (Lipinski definition) is 6. The van der Waals surface area contributed by atoms with Gasteiger partial charge in [-0.05, 0) is 40.0 Å². The normalized spacial score (nSPS) is 22.4. The number of aromatic nitrogens is 2. The van der Waals surface area contributed by atoms with Gasteiger partial charge in [0.2, 0.25) is 5.13 Å². The van der Waals surface area contributed by atoms with Crippen LogP contribution in [0.25, 0.3) is 0 Å². The fourth-order valence-corrected chi connectivity index (χ4v) is 3.42. The van der Waals surface area contributed by atoms with Crippen molar-refractivity contribution in [1.82, 2.24) is 15.5 Å². The monoisotopic (exact) mass is 310 g/mol. The summed E-state index contributed by atoms with van der Waals surface area (Å²) in [5, 5.41) is 13.6. The minimum atomic E-state index is -0.458. The SMILES string of the molecule is CC(C)(C)OC(=O)N[C@H]1CCN(c2nnc(C3CC3)s2)C1. The summed E-state index contributed by atoms with van der Waals surface area (Å²) in [5.41, 5.74) is -0.458. The van der Waals surface area contributed by atoms with Crippen LogP contribution in [-0.4, -0.2) is 41.0 Å². The van der Waals surface area contributed by atoms with Crippen molar-refractivity contribution < 1.29 is 9.53 Å². The van der Waals surface area contributed by atoms with Gasteiger partial charge in [0.25, 0.3) is 0 Å². The molecule has 1 saturated carbocycles. The van der Waals surface area contributed by atoms with Crippen LogP contribution in [-0.2, 0) is 4.74 Å². The van der Waals surface area contributed by atoms with Crippen LogP contribution in [0.3, 0.4) is 0 Å². The number of nitrogens with one attached hydrogen (secondary N) is 1. The van der Waals surface area contributed by atoms with E-state index in [2.05, 4.69) is 20.4 Å². The number of nitrogens with zero attached hydrogens (tertiary/aromatic N) is 3. The van der Waals surface area contributed by atoms with Crippen LogP contribution in [0.15, 0.2) is 0 Å². The van der Waals surface area contributed by atoms with Crippen LogP contribution in [0, 0.1) is 0 Å². The van der Waals surface area contributed by atoms with Crippen molar-refractivity contribution in [3.63, 3.8) is 0 Å². The van der Waals surface area contributed by atoms with Gasteiger partial charge in [-0.2, -0.15) is 0 Å². The molecule has 1 saturated heterocycles. The van der Waals surface area contributed by atoms with Gasteiger partial charge in [0, 0.05) is 19.0 Å². The van der Waals surface area contributed by atoms with Crippen LogP contribution in [0.4, 0.5) is 9.93 Å². The fourth-order valence-electron chi connectivity index (χ4n) is 2.38. The summed E-state index contributed by atoms with van der Waals surface area (Å²) in [7, 11) is 0.